The lowest BCUT2D eigenvalue weighted by Gasteiger charge is -2.27. The zero-order valence-corrected chi connectivity index (χ0v) is 11.8. The van der Waals surface area contributed by atoms with Gasteiger partial charge in [0.15, 0.2) is 0 Å². The first-order chi connectivity index (χ1) is 8.85. The Morgan fingerprint density at radius 2 is 2.16 bits per heavy atom. The number of hydrogen-bond donors (Lipinski definition) is 3. The molecule has 0 aliphatic heterocycles. The molecule has 1 unspecified atom stereocenters. The molecule has 6 nitrogen and oxygen atoms in total. The third-order valence-corrected chi connectivity index (χ3v) is 3.01. The molecule has 0 aromatic carbocycles. The van der Waals surface area contributed by atoms with E-state index >= 15 is 0 Å². The van der Waals surface area contributed by atoms with Crippen LogP contribution < -0.4 is 11.1 Å². The molecule has 4 N–H and O–H groups in total. The van der Waals surface area contributed by atoms with E-state index in [9.17, 15) is 5.11 Å². The Kier molecular flexibility index (Phi) is 3.91. The van der Waals surface area contributed by atoms with E-state index < -0.39 is 5.60 Å². The number of rotatable bonds is 6. The second-order valence-corrected chi connectivity index (χ2v) is 5.90. The molecule has 106 valence electrons. The van der Waals surface area contributed by atoms with Gasteiger partial charge in [-0.05, 0) is 33.9 Å². The summed E-state index contributed by atoms with van der Waals surface area (Å²) in [6, 6.07) is 1.71. The first kappa shape index (κ1) is 14.0. The van der Waals surface area contributed by atoms with Crippen LogP contribution in [0.1, 0.15) is 31.5 Å². The predicted octanol–water partition coefficient (Wildman–Crippen LogP) is 0.661. The summed E-state index contributed by atoms with van der Waals surface area (Å²) in [5, 5.41) is 13.4. The van der Waals surface area contributed by atoms with E-state index in [1.54, 1.807) is 13.0 Å². The molecule has 1 heterocycles. The third kappa shape index (κ3) is 4.33. The molecular weight excluding hydrogens is 242 g/mol. The minimum atomic E-state index is -0.817. The van der Waals surface area contributed by atoms with Crippen LogP contribution in [0.15, 0.2) is 6.07 Å². The number of hydrogen-bond acceptors (Lipinski definition) is 6. The fraction of sp³-hybridized carbons (Fsp3) is 0.692. The maximum atomic E-state index is 10.2. The Balaban J connectivity index is 1.98. The summed E-state index contributed by atoms with van der Waals surface area (Å²) in [7, 11) is 3.87. The van der Waals surface area contributed by atoms with Crippen molar-refractivity contribution in [2.75, 3.05) is 38.2 Å². The largest absolute Gasteiger partial charge is 0.387 e. The number of likely N-dealkylation sites (N-methyl/N-ethyl adjacent to an activating group) is 1. The van der Waals surface area contributed by atoms with Gasteiger partial charge in [0.2, 0.25) is 0 Å². The van der Waals surface area contributed by atoms with E-state index in [2.05, 4.69) is 15.3 Å². The van der Waals surface area contributed by atoms with E-state index in [0.29, 0.717) is 30.6 Å². The van der Waals surface area contributed by atoms with Gasteiger partial charge in [-0.2, -0.15) is 0 Å². The van der Waals surface area contributed by atoms with Crippen molar-refractivity contribution in [3.05, 3.63) is 11.9 Å². The number of aromatic nitrogens is 2. The van der Waals surface area contributed by atoms with Gasteiger partial charge < -0.3 is 21.1 Å². The molecule has 0 bridgehead atoms. The molecule has 1 saturated carbocycles. The molecular formula is C13H23N5O. The molecule has 0 radical (unpaired) electrons. The molecule has 1 aromatic heterocycles. The van der Waals surface area contributed by atoms with E-state index in [0.717, 1.165) is 18.7 Å². The summed E-state index contributed by atoms with van der Waals surface area (Å²) in [6.07, 6.45) is 2.28. The molecule has 0 spiro atoms. The first-order valence-corrected chi connectivity index (χ1v) is 6.61. The van der Waals surface area contributed by atoms with Gasteiger partial charge in [-0.25, -0.2) is 9.97 Å². The highest BCUT2D eigenvalue weighted by Gasteiger charge is 2.27. The van der Waals surface area contributed by atoms with Gasteiger partial charge in [0.05, 0.1) is 5.60 Å². The number of nitrogen functional groups attached to an aromatic ring is 1. The molecule has 0 saturated heterocycles. The summed E-state index contributed by atoms with van der Waals surface area (Å²) in [5.41, 5.74) is 4.97. The van der Waals surface area contributed by atoms with Crippen molar-refractivity contribution < 1.29 is 5.11 Å². The Labute approximate surface area is 114 Å². The van der Waals surface area contributed by atoms with Gasteiger partial charge in [-0.1, -0.05) is 0 Å². The number of aliphatic hydroxyl groups is 1. The number of nitrogens with one attached hydrogen (secondary N) is 1. The Bertz CT molecular complexity index is 443. The van der Waals surface area contributed by atoms with Crippen molar-refractivity contribution >= 4 is 11.6 Å². The van der Waals surface area contributed by atoms with Crippen molar-refractivity contribution in [1.82, 2.24) is 14.9 Å². The van der Waals surface area contributed by atoms with Gasteiger partial charge in [0.25, 0.3) is 0 Å². The van der Waals surface area contributed by atoms with Gasteiger partial charge in [0, 0.05) is 25.1 Å². The van der Waals surface area contributed by atoms with Gasteiger partial charge >= 0.3 is 0 Å². The van der Waals surface area contributed by atoms with Crippen LogP contribution in [0, 0.1) is 0 Å². The van der Waals surface area contributed by atoms with Crippen molar-refractivity contribution in [1.29, 1.82) is 0 Å². The summed E-state index contributed by atoms with van der Waals surface area (Å²) < 4.78 is 0. The highest BCUT2D eigenvalue weighted by atomic mass is 16.3. The molecule has 19 heavy (non-hydrogen) atoms. The summed E-state index contributed by atoms with van der Waals surface area (Å²) in [5.74, 6) is 2.45. The Hall–Kier alpha value is -1.40. The van der Waals surface area contributed by atoms with Crippen LogP contribution in [0.4, 0.5) is 11.6 Å². The fourth-order valence-electron chi connectivity index (χ4n) is 2.12. The zero-order valence-electron chi connectivity index (χ0n) is 11.8. The lowest BCUT2D eigenvalue weighted by molar-refractivity contribution is 0.0459. The number of nitrogens with zero attached hydrogens (tertiary/aromatic N) is 3. The smallest absolute Gasteiger partial charge is 0.136 e. The lowest BCUT2D eigenvalue weighted by atomic mass is 10.1. The zero-order chi connectivity index (χ0) is 14.0. The average molecular weight is 265 g/mol. The summed E-state index contributed by atoms with van der Waals surface area (Å²) in [6.45, 7) is 2.80. The maximum Gasteiger partial charge on any atom is 0.136 e. The van der Waals surface area contributed by atoms with Crippen LogP contribution in [0.3, 0.4) is 0 Å². The van der Waals surface area contributed by atoms with Crippen LogP contribution in [0.25, 0.3) is 0 Å². The van der Waals surface area contributed by atoms with Crippen LogP contribution in [-0.2, 0) is 0 Å². The van der Waals surface area contributed by atoms with E-state index in [4.69, 9.17) is 5.73 Å². The molecule has 0 amide bonds. The monoisotopic (exact) mass is 265 g/mol. The second kappa shape index (κ2) is 5.30. The van der Waals surface area contributed by atoms with Gasteiger partial charge in [-0.15, -0.1) is 0 Å². The van der Waals surface area contributed by atoms with Crippen molar-refractivity contribution in [2.24, 2.45) is 0 Å². The van der Waals surface area contributed by atoms with Crippen molar-refractivity contribution in [3.63, 3.8) is 0 Å². The van der Waals surface area contributed by atoms with Gasteiger partial charge in [-0.3, -0.25) is 0 Å². The molecule has 6 heteroatoms. The van der Waals surface area contributed by atoms with Crippen LogP contribution >= 0.6 is 0 Å². The van der Waals surface area contributed by atoms with E-state index in [1.165, 1.54) is 0 Å². The molecule has 1 atom stereocenters. The third-order valence-electron chi connectivity index (χ3n) is 3.01. The quantitative estimate of drug-likeness (QED) is 0.700. The molecule has 1 aliphatic rings. The maximum absolute atomic E-state index is 10.2. The predicted molar refractivity (Wildman–Crippen MR) is 76.1 cm³/mol. The highest BCUT2D eigenvalue weighted by Crippen LogP contribution is 2.38. The van der Waals surface area contributed by atoms with Crippen molar-refractivity contribution in [3.8, 4) is 0 Å². The molecule has 1 fully saturated rings. The van der Waals surface area contributed by atoms with Crippen molar-refractivity contribution in [2.45, 2.75) is 31.3 Å². The lowest BCUT2D eigenvalue weighted by Crippen LogP contribution is -2.43. The SMILES string of the molecule is CN(C)CC(C)(O)CNc1cc(N)nc(C2CC2)n1. The normalized spacial score (nSPS) is 18.4. The van der Waals surface area contributed by atoms with E-state index in [-0.39, 0.29) is 0 Å². The Morgan fingerprint density at radius 3 is 2.74 bits per heavy atom. The van der Waals surface area contributed by atoms with E-state index in [1.807, 2.05) is 19.0 Å². The van der Waals surface area contributed by atoms with Crippen LogP contribution in [-0.4, -0.2) is 52.8 Å². The van der Waals surface area contributed by atoms with Crippen LogP contribution in [0.2, 0.25) is 0 Å². The molecule has 1 aliphatic carbocycles. The topological polar surface area (TPSA) is 87.3 Å². The Morgan fingerprint density at radius 1 is 1.47 bits per heavy atom. The average Bonchev–Trinajstić information content (AvgIpc) is 3.07. The fourth-order valence-corrected chi connectivity index (χ4v) is 2.12. The van der Waals surface area contributed by atoms with Gasteiger partial charge in [0.1, 0.15) is 17.5 Å². The number of nitrogens with two attached hydrogens (primary N) is 1. The minimum Gasteiger partial charge on any atom is -0.387 e. The highest BCUT2D eigenvalue weighted by molar-refractivity contribution is 5.45. The summed E-state index contributed by atoms with van der Waals surface area (Å²) in [4.78, 5) is 10.6. The molecule has 2 rings (SSSR count). The molecule has 1 aromatic rings. The first-order valence-electron chi connectivity index (χ1n) is 6.61. The minimum absolute atomic E-state index is 0.422. The summed E-state index contributed by atoms with van der Waals surface area (Å²) >= 11 is 0. The van der Waals surface area contributed by atoms with Crippen LogP contribution in [0.5, 0.6) is 0 Å². The standard InChI is InChI=1S/C13H23N5O/c1-13(19,8-18(2)3)7-15-11-6-10(14)16-12(17-11)9-4-5-9/h6,9,19H,4-5,7-8H2,1-3H3,(H3,14,15,16,17). The number of anilines is 2. The second-order valence-electron chi connectivity index (χ2n) is 5.90.